The lowest BCUT2D eigenvalue weighted by atomic mass is 10.1. The zero-order valence-electron chi connectivity index (χ0n) is 47.4. The maximum absolute atomic E-state index is 12.9. The van der Waals surface area contributed by atoms with Crippen molar-refractivity contribution < 1.29 is 52.2 Å². The standard InChI is InChI=1S/C64H103O11P/c1-4-7-10-13-16-19-22-25-28-29-30-31-34-37-40-43-46-49-52-55-64(68)75-61(57-71-62(66)53-50-47-44-41-38-35-32-26-23-20-17-14-11-8-5-2)59-73-76(69,70)72-58-60(56-65)74-63(67)54-51-48-45-42-39-36-33-27-24-21-18-15-12-9-6-3/h7,9-10,12,16,18-19,21,25-28,30-33,37,39-40,42,46,49,60-61,65H,4-6,8,11,13-15,17,20,22-24,29,34-36,38,41,43-45,47-48,50-59H2,1-3H3,(H,69,70)/b10-7-,12-9-,19-16-,21-18-,28-25-,31-30-,32-26-,33-27-,40-37-,42-39-,49-46-. The molecule has 0 aliphatic carbocycles. The highest BCUT2D eigenvalue weighted by Gasteiger charge is 2.28. The lowest BCUT2D eigenvalue weighted by Gasteiger charge is -2.21. The molecule has 3 atom stereocenters. The average Bonchev–Trinajstić information content (AvgIpc) is 3.41. The molecule has 0 aromatic heterocycles. The molecule has 3 unspecified atom stereocenters. The van der Waals surface area contributed by atoms with E-state index in [1.807, 2.05) is 12.2 Å². The van der Waals surface area contributed by atoms with Crippen LogP contribution in [0.4, 0.5) is 0 Å². The number of allylic oxidation sites excluding steroid dienone is 22. The number of ether oxygens (including phenoxy) is 3. The summed E-state index contributed by atoms with van der Waals surface area (Å²) >= 11 is 0. The van der Waals surface area contributed by atoms with Crippen LogP contribution in [0.3, 0.4) is 0 Å². The molecule has 0 fully saturated rings. The van der Waals surface area contributed by atoms with Crippen LogP contribution >= 0.6 is 7.82 Å². The van der Waals surface area contributed by atoms with E-state index in [0.29, 0.717) is 25.7 Å². The van der Waals surface area contributed by atoms with E-state index >= 15 is 0 Å². The molecule has 0 aliphatic rings. The highest BCUT2D eigenvalue weighted by atomic mass is 31.2. The maximum Gasteiger partial charge on any atom is 0.472 e. The van der Waals surface area contributed by atoms with Gasteiger partial charge in [-0.05, 0) is 122 Å². The second-order valence-corrected chi connectivity index (χ2v) is 20.1. The molecule has 2 N–H and O–H groups in total. The summed E-state index contributed by atoms with van der Waals surface area (Å²) < 4.78 is 39.4. The second kappa shape index (κ2) is 56.8. The van der Waals surface area contributed by atoms with Gasteiger partial charge in [0.2, 0.25) is 0 Å². The molecule has 0 bridgehead atoms. The largest absolute Gasteiger partial charge is 0.472 e. The summed E-state index contributed by atoms with van der Waals surface area (Å²) in [6.07, 6.45) is 71.4. The summed E-state index contributed by atoms with van der Waals surface area (Å²) in [6, 6.07) is 0. The minimum Gasteiger partial charge on any atom is -0.462 e. The van der Waals surface area contributed by atoms with Crippen LogP contribution in [0.5, 0.6) is 0 Å². The average molecular weight is 1080 g/mol. The molecule has 0 saturated carbocycles. The zero-order valence-corrected chi connectivity index (χ0v) is 48.3. The van der Waals surface area contributed by atoms with Gasteiger partial charge >= 0.3 is 25.7 Å². The fourth-order valence-corrected chi connectivity index (χ4v) is 7.97. The minimum absolute atomic E-state index is 0.0306. The van der Waals surface area contributed by atoms with Gasteiger partial charge in [0, 0.05) is 19.3 Å². The molecule has 0 saturated heterocycles. The van der Waals surface area contributed by atoms with Crippen LogP contribution in [-0.2, 0) is 42.2 Å². The third-order valence-corrected chi connectivity index (χ3v) is 12.5. The topological polar surface area (TPSA) is 155 Å². The quantitative estimate of drug-likeness (QED) is 0.0197. The van der Waals surface area contributed by atoms with Gasteiger partial charge in [-0.3, -0.25) is 23.4 Å². The van der Waals surface area contributed by atoms with Gasteiger partial charge in [-0.15, -0.1) is 0 Å². The Balaban J connectivity index is 4.91. The number of aliphatic hydroxyl groups is 1. The number of hydrogen-bond acceptors (Lipinski definition) is 10. The number of carbonyl (C=O) groups excluding carboxylic acids is 3. The van der Waals surface area contributed by atoms with E-state index in [2.05, 4.69) is 142 Å². The summed E-state index contributed by atoms with van der Waals surface area (Å²) in [5, 5.41) is 9.81. The van der Waals surface area contributed by atoms with Crippen molar-refractivity contribution in [3.63, 3.8) is 0 Å². The Kier molecular flexibility index (Phi) is 53.5. The van der Waals surface area contributed by atoms with Crippen molar-refractivity contribution in [1.82, 2.24) is 0 Å². The van der Waals surface area contributed by atoms with Gasteiger partial charge in [-0.2, -0.15) is 0 Å². The number of carbonyl (C=O) groups is 3. The van der Waals surface area contributed by atoms with Crippen molar-refractivity contribution in [2.75, 3.05) is 26.4 Å². The molecule has 12 heteroatoms. The van der Waals surface area contributed by atoms with Gasteiger partial charge in [0.25, 0.3) is 0 Å². The van der Waals surface area contributed by atoms with Crippen LogP contribution in [0.1, 0.15) is 213 Å². The third kappa shape index (κ3) is 54.4. The number of rotatable bonds is 52. The number of phosphoric ester groups is 1. The number of esters is 3. The van der Waals surface area contributed by atoms with Gasteiger partial charge < -0.3 is 24.2 Å². The van der Waals surface area contributed by atoms with Crippen LogP contribution in [0.2, 0.25) is 0 Å². The van der Waals surface area contributed by atoms with Crippen molar-refractivity contribution >= 4 is 25.7 Å². The van der Waals surface area contributed by atoms with Gasteiger partial charge in [0.1, 0.15) is 12.7 Å². The fraction of sp³-hybridized carbons (Fsp3) is 0.609. The summed E-state index contributed by atoms with van der Waals surface area (Å²) in [7, 11) is -4.79. The highest BCUT2D eigenvalue weighted by molar-refractivity contribution is 7.47. The predicted octanol–water partition coefficient (Wildman–Crippen LogP) is 17.4. The Labute approximate surface area is 461 Å². The first-order valence-electron chi connectivity index (χ1n) is 29.1. The van der Waals surface area contributed by atoms with Crippen LogP contribution in [0, 0.1) is 0 Å². The Morgan fingerprint density at radius 2 is 0.711 bits per heavy atom. The van der Waals surface area contributed by atoms with Crippen molar-refractivity contribution in [1.29, 1.82) is 0 Å². The Morgan fingerprint density at radius 3 is 1.17 bits per heavy atom. The van der Waals surface area contributed by atoms with Crippen molar-refractivity contribution in [3.05, 3.63) is 134 Å². The molecule has 0 aromatic carbocycles. The first-order valence-corrected chi connectivity index (χ1v) is 30.6. The molecule has 0 aliphatic heterocycles. The first kappa shape index (κ1) is 71.6. The van der Waals surface area contributed by atoms with Crippen LogP contribution in [0.25, 0.3) is 0 Å². The first-order chi connectivity index (χ1) is 37.2. The summed E-state index contributed by atoms with van der Waals surface area (Å²) in [5.41, 5.74) is 0. The summed E-state index contributed by atoms with van der Waals surface area (Å²) in [5.74, 6) is -1.63. The van der Waals surface area contributed by atoms with E-state index in [9.17, 15) is 28.9 Å². The lowest BCUT2D eigenvalue weighted by molar-refractivity contribution is -0.161. The molecule has 0 aromatic rings. The van der Waals surface area contributed by atoms with Crippen molar-refractivity contribution in [2.24, 2.45) is 0 Å². The molecular weight excluding hydrogens is 976 g/mol. The molecular formula is C64H103O11P. The Morgan fingerprint density at radius 1 is 0.382 bits per heavy atom. The second-order valence-electron chi connectivity index (χ2n) is 18.7. The molecule has 0 rings (SSSR count). The Bertz CT molecular complexity index is 1780. The SMILES string of the molecule is CC/C=C\C/C=C\C/C=C\C/C=C\C/C=C\C/C=C\CCC(=O)OC(COC(=O)CCCCCCC/C=C\CCCCCCCC)COP(=O)(O)OCC(CO)OC(=O)CCCC/C=C\C/C=C\C/C=C\C/C=C\CC. The van der Waals surface area contributed by atoms with Gasteiger partial charge in [0.05, 0.1) is 19.8 Å². The number of phosphoric acid groups is 1. The highest BCUT2D eigenvalue weighted by Crippen LogP contribution is 2.43. The number of unbranched alkanes of at least 4 members (excludes halogenated alkanes) is 13. The monoisotopic (exact) mass is 1080 g/mol. The van der Waals surface area contributed by atoms with Crippen molar-refractivity contribution in [2.45, 2.75) is 226 Å². The zero-order chi connectivity index (χ0) is 55.5. The van der Waals surface area contributed by atoms with Crippen LogP contribution in [0.15, 0.2) is 134 Å². The van der Waals surface area contributed by atoms with Crippen molar-refractivity contribution in [3.8, 4) is 0 Å². The predicted molar refractivity (Wildman–Crippen MR) is 316 cm³/mol. The normalized spacial score (nSPS) is 14.3. The van der Waals surface area contributed by atoms with Gasteiger partial charge in [-0.1, -0.05) is 206 Å². The lowest BCUT2D eigenvalue weighted by Crippen LogP contribution is -2.30. The van der Waals surface area contributed by atoms with Crippen LogP contribution in [-0.4, -0.2) is 66.5 Å². The smallest absolute Gasteiger partial charge is 0.462 e. The van der Waals surface area contributed by atoms with Gasteiger partial charge in [0.15, 0.2) is 6.10 Å². The summed E-state index contributed by atoms with van der Waals surface area (Å²) in [6.45, 7) is 4.25. The summed E-state index contributed by atoms with van der Waals surface area (Å²) in [4.78, 5) is 48.5. The van der Waals surface area contributed by atoms with E-state index < -0.39 is 57.8 Å². The molecule has 76 heavy (non-hydrogen) atoms. The van der Waals surface area contributed by atoms with E-state index in [1.54, 1.807) is 0 Å². The number of hydrogen-bond donors (Lipinski definition) is 2. The molecule has 0 heterocycles. The molecule has 0 amide bonds. The minimum atomic E-state index is -4.79. The van der Waals surface area contributed by atoms with Gasteiger partial charge in [-0.25, -0.2) is 4.57 Å². The molecule has 0 radical (unpaired) electrons. The third-order valence-electron chi connectivity index (χ3n) is 11.6. The van der Waals surface area contributed by atoms with E-state index in [0.717, 1.165) is 109 Å². The van der Waals surface area contributed by atoms with E-state index in [1.165, 1.54) is 38.5 Å². The Hall–Kier alpha value is -4.38. The molecule has 0 spiro atoms. The molecule has 430 valence electrons. The fourth-order valence-electron chi connectivity index (χ4n) is 7.19. The van der Waals surface area contributed by atoms with E-state index in [-0.39, 0.29) is 25.9 Å². The maximum atomic E-state index is 12.9. The van der Waals surface area contributed by atoms with E-state index in [4.69, 9.17) is 23.3 Å². The van der Waals surface area contributed by atoms with Crippen LogP contribution < -0.4 is 0 Å². The number of aliphatic hydroxyl groups excluding tert-OH is 1. The molecule has 11 nitrogen and oxygen atoms in total.